The van der Waals surface area contributed by atoms with Gasteiger partial charge in [0.1, 0.15) is 0 Å². The van der Waals surface area contributed by atoms with Gasteiger partial charge in [0.15, 0.2) is 0 Å². The van der Waals surface area contributed by atoms with Crippen LogP contribution >= 0.6 is 11.3 Å². The highest BCUT2D eigenvalue weighted by Gasteiger charge is 2.20. The molecule has 1 fully saturated rings. The third kappa shape index (κ3) is 4.87. The molecule has 25 heavy (non-hydrogen) atoms. The van der Waals surface area contributed by atoms with Crippen molar-refractivity contribution in [3.05, 3.63) is 41.0 Å². The highest BCUT2D eigenvalue weighted by Crippen LogP contribution is 2.27. The zero-order valence-corrected chi connectivity index (χ0v) is 14.9. The largest absolute Gasteiger partial charge is 0.415 e. The van der Waals surface area contributed by atoms with E-state index in [1.807, 2.05) is 36.7 Å². The summed E-state index contributed by atoms with van der Waals surface area (Å²) in [5.74, 6) is -0.203. The Morgan fingerprint density at radius 2 is 2.16 bits per heavy atom. The number of rotatable bonds is 5. The molecule has 1 amide bonds. The lowest BCUT2D eigenvalue weighted by atomic mass is 10.1. The van der Waals surface area contributed by atoms with Crippen LogP contribution in [-0.2, 0) is 16.1 Å². The number of aromatic nitrogens is 1. The number of ether oxygens (including phenoxy) is 1. The van der Waals surface area contributed by atoms with Gasteiger partial charge in [0, 0.05) is 6.54 Å². The van der Waals surface area contributed by atoms with E-state index in [4.69, 9.17) is 4.74 Å². The molecular weight excluding hydrogens is 338 g/mol. The monoisotopic (exact) mass is 359 g/mol. The molecule has 7 heteroatoms. The van der Waals surface area contributed by atoms with Crippen molar-refractivity contribution in [2.45, 2.75) is 26.3 Å². The van der Waals surface area contributed by atoms with Gasteiger partial charge >= 0.3 is 12.1 Å². The van der Waals surface area contributed by atoms with Crippen molar-refractivity contribution in [1.82, 2.24) is 15.6 Å². The number of carbonyl (C=O) groups excluding carboxylic acids is 2. The number of alkyl carbamates (subject to hydrolysis) is 1. The van der Waals surface area contributed by atoms with Gasteiger partial charge in [0.25, 0.3) is 0 Å². The molecule has 1 unspecified atom stereocenters. The van der Waals surface area contributed by atoms with E-state index in [1.54, 1.807) is 11.3 Å². The molecule has 3 rings (SSSR count). The summed E-state index contributed by atoms with van der Waals surface area (Å²) in [7, 11) is 0. The van der Waals surface area contributed by atoms with E-state index < -0.39 is 12.1 Å². The molecule has 1 aliphatic heterocycles. The zero-order valence-electron chi connectivity index (χ0n) is 14.1. The highest BCUT2D eigenvalue weighted by atomic mass is 32.1. The van der Waals surface area contributed by atoms with Gasteiger partial charge in [0.05, 0.1) is 22.5 Å². The predicted octanol–water partition coefficient (Wildman–Crippen LogP) is 2.87. The van der Waals surface area contributed by atoms with Gasteiger partial charge in [-0.2, -0.15) is 0 Å². The average molecular weight is 359 g/mol. The minimum absolute atomic E-state index is 0.267. The maximum atomic E-state index is 11.7. The van der Waals surface area contributed by atoms with E-state index in [0.717, 1.165) is 41.2 Å². The Kier molecular flexibility index (Phi) is 5.78. The molecule has 1 saturated heterocycles. The number of hydrogen-bond acceptors (Lipinski definition) is 6. The molecule has 0 spiro atoms. The van der Waals surface area contributed by atoms with Crippen LogP contribution in [-0.4, -0.2) is 30.1 Å². The lowest BCUT2D eigenvalue weighted by molar-refractivity contribution is -0.138. The van der Waals surface area contributed by atoms with E-state index in [9.17, 15) is 9.59 Å². The van der Waals surface area contributed by atoms with Gasteiger partial charge in [-0.3, -0.25) is 4.79 Å². The summed E-state index contributed by atoms with van der Waals surface area (Å²) in [6.07, 6.45) is 0.532. The summed E-state index contributed by atoms with van der Waals surface area (Å²) in [5.41, 5.74) is 4.88. The summed E-state index contributed by atoms with van der Waals surface area (Å²) in [6.45, 7) is 4.03. The average Bonchev–Trinajstić information content (AvgIpc) is 3.25. The summed E-state index contributed by atoms with van der Waals surface area (Å²) < 4.78 is 4.81. The van der Waals surface area contributed by atoms with Crippen LogP contribution in [0.5, 0.6) is 0 Å². The maximum Gasteiger partial charge on any atom is 0.415 e. The summed E-state index contributed by atoms with van der Waals surface area (Å²) in [6, 6.07) is 7.89. The lowest BCUT2D eigenvalue weighted by Gasteiger charge is -2.09. The molecule has 2 heterocycles. The van der Waals surface area contributed by atoms with Crippen LogP contribution in [0.3, 0.4) is 0 Å². The van der Waals surface area contributed by atoms with Crippen molar-refractivity contribution in [3.63, 3.8) is 0 Å². The second kappa shape index (κ2) is 8.22. The second-order valence-corrected chi connectivity index (χ2v) is 7.00. The number of aryl methyl sites for hydroxylation is 1. The van der Waals surface area contributed by atoms with Gasteiger partial charge in [-0.15, -0.1) is 11.3 Å². The van der Waals surface area contributed by atoms with Crippen LogP contribution in [0.15, 0.2) is 29.8 Å². The van der Waals surface area contributed by atoms with Crippen LogP contribution < -0.4 is 10.6 Å². The number of benzene rings is 1. The Bertz CT molecular complexity index is 736. The number of amides is 1. The van der Waals surface area contributed by atoms with E-state index in [-0.39, 0.29) is 12.3 Å². The van der Waals surface area contributed by atoms with Crippen molar-refractivity contribution in [1.29, 1.82) is 0 Å². The smallest absolute Gasteiger partial charge is 0.376 e. The van der Waals surface area contributed by atoms with E-state index >= 15 is 0 Å². The molecular formula is C18H21N3O3S. The molecule has 2 aromatic rings. The molecule has 0 saturated carbocycles. The van der Waals surface area contributed by atoms with E-state index in [1.165, 1.54) is 0 Å². The van der Waals surface area contributed by atoms with Crippen molar-refractivity contribution < 1.29 is 14.3 Å². The first-order valence-electron chi connectivity index (χ1n) is 8.30. The fourth-order valence-corrected chi connectivity index (χ4v) is 3.64. The minimum atomic E-state index is -0.696. The summed E-state index contributed by atoms with van der Waals surface area (Å²) >= 11 is 1.60. The van der Waals surface area contributed by atoms with Crippen molar-refractivity contribution in [2.24, 2.45) is 5.92 Å². The number of carbonyl (C=O) groups is 2. The zero-order chi connectivity index (χ0) is 17.6. The molecule has 0 aliphatic carbocycles. The third-order valence-corrected chi connectivity index (χ3v) is 5.20. The van der Waals surface area contributed by atoms with Crippen molar-refractivity contribution in [2.75, 3.05) is 13.1 Å². The highest BCUT2D eigenvalue weighted by molar-refractivity contribution is 7.13. The number of thiazole rings is 1. The number of esters is 1. The van der Waals surface area contributed by atoms with Gasteiger partial charge in [0.2, 0.25) is 0 Å². The van der Waals surface area contributed by atoms with Crippen molar-refractivity contribution in [3.8, 4) is 10.4 Å². The maximum absolute atomic E-state index is 11.7. The fourth-order valence-electron chi connectivity index (χ4n) is 2.83. The van der Waals surface area contributed by atoms with Crippen LogP contribution in [0.2, 0.25) is 0 Å². The molecule has 132 valence electrons. The van der Waals surface area contributed by atoms with Crippen molar-refractivity contribution >= 4 is 23.4 Å². The molecule has 0 radical (unpaired) electrons. The Hall–Kier alpha value is -2.25. The van der Waals surface area contributed by atoms with Crippen LogP contribution in [0.1, 0.15) is 24.1 Å². The van der Waals surface area contributed by atoms with Crippen LogP contribution in [0.4, 0.5) is 4.79 Å². The summed E-state index contributed by atoms with van der Waals surface area (Å²) in [4.78, 5) is 28.8. The van der Waals surface area contributed by atoms with Crippen LogP contribution in [0.25, 0.3) is 10.4 Å². The Labute approximate surface area is 150 Å². The number of hydrogen-bond donors (Lipinski definition) is 2. The van der Waals surface area contributed by atoms with Gasteiger partial charge in [-0.05, 0) is 43.5 Å². The van der Waals surface area contributed by atoms with Crippen LogP contribution in [0, 0.1) is 12.8 Å². The van der Waals surface area contributed by atoms with E-state index in [0.29, 0.717) is 6.54 Å². The number of nitrogens with zero attached hydrogens (tertiary/aromatic N) is 1. The topological polar surface area (TPSA) is 80.3 Å². The molecule has 0 bridgehead atoms. The second-order valence-electron chi connectivity index (χ2n) is 6.14. The Morgan fingerprint density at radius 3 is 2.80 bits per heavy atom. The number of nitrogens with one attached hydrogen (secondary N) is 2. The SMILES string of the molecule is Cc1ncsc1-c1ccc(CNC(=O)OC(=O)CC2CCNC2)cc1. The molecule has 1 aromatic heterocycles. The summed E-state index contributed by atoms with van der Waals surface area (Å²) in [5, 5.41) is 5.80. The first-order chi connectivity index (χ1) is 12.1. The van der Waals surface area contributed by atoms with Gasteiger partial charge < -0.3 is 15.4 Å². The fraction of sp³-hybridized carbons (Fsp3) is 0.389. The standard InChI is InChI=1S/C18H21N3O3S/c1-12-17(25-11-21-12)15-4-2-13(3-5-15)10-20-18(23)24-16(22)8-14-6-7-19-9-14/h2-5,11,14,19H,6-10H2,1H3,(H,20,23). The lowest BCUT2D eigenvalue weighted by Crippen LogP contribution is -2.27. The normalized spacial score (nSPS) is 16.6. The quantitative estimate of drug-likeness (QED) is 0.634. The molecule has 1 aromatic carbocycles. The first-order valence-corrected chi connectivity index (χ1v) is 9.18. The minimum Gasteiger partial charge on any atom is -0.376 e. The Morgan fingerprint density at radius 1 is 1.36 bits per heavy atom. The molecule has 1 atom stereocenters. The molecule has 1 aliphatic rings. The van der Waals surface area contributed by atoms with Gasteiger partial charge in [-0.1, -0.05) is 24.3 Å². The predicted molar refractivity (Wildman–Crippen MR) is 96.2 cm³/mol. The first kappa shape index (κ1) is 17.6. The molecule has 6 nitrogen and oxygen atoms in total. The third-order valence-electron chi connectivity index (χ3n) is 4.22. The Balaban J connectivity index is 1.45. The molecule has 2 N–H and O–H groups in total. The van der Waals surface area contributed by atoms with E-state index in [2.05, 4.69) is 15.6 Å². The van der Waals surface area contributed by atoms with Gasteiger partial charge in [-0.25, -0.2) is 9.78 Å².